The van der Waals surface area contributed by atoms with Gasteiger partial charge in [-0.2, -0.15) is 0 Å². The normalized spacial score (nSPS) is 9.83. The number of nitrogens with one attached hydrogen (secondary N) is 1. The van der Waals surface area contributed by atoms with Gasteiger partial charge in [-0.25, -0.2) is 9.97 Å². The Morgan fingerprint density at radius 1 is 1.22 bits per heavy atom. The van der Waals surface area contributed by atoms with Crippen LogP contribution in [0.3, 0.4) is 0 Å². The zero-order valence-corrected chi connectivity index (χ0v) is 10.4. The van der Waals surface area contributed by atoms with Crippen LogP contribution in [0.1, 0.15) is 36.0 Å². The monoisotopic (exact) mass is 251 g/mol. The van der Waals surface area contributed by atoms with Crippen molar-refractivity contribution in [3.63, 3.8) is 0 Å². The van der Waals surface area contributed by atoms with Gasteiger partial charge in [0.1, 0.15) is 6.33 Å². The van der Waals surface area contributed by atoms with Crippen LogP contribution in [0.15, 0.2) is 18.7 Å². The Morgan fingerprint density at radius 2 is 1.94 bits per heavy atom. The van der Waals surface area contributed by atoms with Gasteiger partial charge in [0, 0.05) is 25.4 Å². The number of rotatable bonds is 7. The summed E-state index contributed by atoms with van der Waals surface area (Å²) in [6.07, 6.45) is 7.23. The van der Waals surface area contributed by atoms with E-state index in [1.54, 1.807) is 0 Å². The van der Waals surface area contributed by atoms with Crippen molar-refractivity contribution in [2.75, 3.05) is 13.7 Å². The van der Waals surface area contributed by atoms with Gasteiger partial charge in [0.05, 0.1) is 12.7 Å². The molecule has 1 amide bonds. The molecule has 0 saturated heterocycles. The Labute approximate surface area is 106 Å². The molecule has 6 nitrogen and oxygen atoms in total. The third-order valence-corrected chi connectivity index (χ3v) is 2.39. The van der Waals surface area contributed by atoms with Gasteiger partial charge in [-0.1, -0.05) is 6.42 Å². The van der Waals surface area contributed by atoms with Crippen LogP contribution in [0.5, 0.6) is 0 Å². The number of esters is 1. The van der Waals surface area contributed by atoms with Gasteiger partial charge in [-0.3, -0.25) is 9.59 Å². The Kier molecular flexibility index (Phi) is 6.38. The van der Waals surface area contributed by atoms with Crippen molar-refractivity contribution in [3.8, 4) is 0 Å². The summed E-state index contributed by atoms with van der Waals surface area (Å²) in [5.41, 5.74) is 0.451. The van der Waals surface area contributed by atoms with Crippen LogP contribution in [-0.4, -0.2) is 35.5 Å². The van der Waals surface area contributed by atoms with Crippen LogP contribution in [-0.2, 0) is 9.53 Å². The number of aromatic nitrogens is 2. The van der Waals surface area contributed by atoms with E-state index in [2.05, 4.69) is 20.0 Å². The van der Waals surface area contributed by atoms with Crippen molar-refractivity contribution >= 4 is 11.9 Å². The molecule has 0 radical (unpaired) electrons. The molecule has 1 rings (SSSR count). The largest absolute Gasteiger partial charge is 0.469 e. The van der Waals surface area contributed by atoms with Gasteiger partial charge >= 0.3 is 5.97 Å². The number of methoxy groups -OCH3 is 1. The van der Waals surface area contributed by atoms with Gasteiger partial charge in [0.25, 0.3) is 5.91 Å². The molecule has 0 spiro atoms. The second-order valence-corrected chi connectivity index (χ2v) is 3.77. The lowest BCUT2D eigenvalue weighted by Crippen LogP contribution is -2.24. The highest BCUT2D eigenvalue weighted by atomic mass is 16.5. The lowest BCUT2D eigenvalue weighted by Gasteiger charge is -2.04. The van der Waals surface area contributed by atoms with Gasteiger partial charge in [0.2, 0.25) is 0 Å². The molecular formula is C12H17N3O3. The maximum atomic E-state index is 11.6. The third-order valence-electron chi connectivity index (χ3n) is 2.39. The molecule has 0 aliphatic carbocycles. The molecule has 0 bridgehead atoms. The van der Waals surface area contributed by atoms with E-state index in [4.69, 9.17) is 0 Å². The average molecular weight is 251 g/mol. The smallest absolute Gasteiger partial charge is 0.305 e. The highest BCUT2D eigenvalue weighted by Gasteiger charge is 2.04. The summed E-state index contributed by atoms with van der Waals surface area (Å²) in [6.45, 7) is 0.578. The zero-order chi connectivity index (χ0) is 13.2. The molecule has 18 heavy (non-hydrogen) atoms. The van der Waals surface area contributed by atoms with Crippen molar-refractivity contribution < 1.29 is 14.3 Å². The minimum absolute atomic E-state index is 0.177. The molecule has 0 unspecified atom stereocenters. The summed E-state index contributed by atoms with van der Waals surface area (Å²) in [6, 6.07) is 0. The van der Waals surface area contributed by atoms with E-state index in [1.807, 2.05) is 0 Å². The molecule has 98 valence electrons. The standard InChI is InChI=1S/C12H17N3O3/c1-18-11(16)5-3-2-4-6-15-12(17)10-7-13-9-14-8-10/h7-9H,2-6H2,1H3,(H,15,17). The number of amides is 1. The topological polar surface area (TPSA) is 81.2 Å². The van der Waals surface area contributed by atoms with Crippen LogP contribution >= 0.6 is 0 Å². The van der Waals surface area contributed by atoms with Crippen LogP contribution in [0.4, 0.5) is 0 Å². The summed E-state index contributed by atoms with van der Waals surface area (Å²) in [5.74, 6) is -0.371. The van der Waals surface area contributed by atoms with Gasteiger partial charge < -0.3 is 10.1 Å². The quantitative estimate of drug-likeness (QED) is 0.576. The molecule has 0 aliphatic rings. The lowest BCUT2D eigenvalue weighted by molar-refractivity contribution is -0.140. The van der Waals surface area contributed by atoms with Gasteiger partial charge in [-0.15, -0.1) is 0 Å². The highest BCUT2D eigenvalue weighted by Crippen LogP contribution is 2.00. The van der Waals surface area contributed by atoms with E-state index in [0.717, 1.165) is 19.3 Å². The van der Waals surface area contributed by atoms with Crippen molar-refractivity contribution in [1.29, 1.82) is 0 Å². The van der Waals surface area contributed by atoms with E-state index in [1.165, 1.54) is 25.8 Å². The molecular weight excluding hydrogens is 234 g/mol. The maximum absolute atomic E-state index is 11.6. The van der Waals surface area contributed by atoms with Crippen LogP contribution < -0.4 is 5.32 Å². The van der Waals surface area contributed by atoms with E-state index in [9.17, 15) is 9.59 Å². The van der Waals surface area contributed by atoms with Crippen molar-refractivity contribution in [1.82, 2.24) is 15.3 Å². The second-order valence-electron chi connectivity index (χ2n) is 3.77. The van der Waals surface area contributed by atoms with E-state index in [-0.39, 0.29) is 11.9 Å². The summed E-state index contributed by atoms with van der Waals surface area (Å²) < 4.78 is 4.53. The Morgan fingerprint density at radius 3 is 2.61 bits per heavy atom. The summed E-state index contributed by atoms with van der Waals surface area (Å²) in [5, 5.41) is 2.77. The van der Waals surface area contributed by atoms with E-state index < -0.39 is 0 Å². The van der Waals surface area contributed by atoms with Crippen molar-refractivity contribution in [3.05, 3.63) is 24.3 Å². The first-order chi connectivity index (χ1) is 8.74. The predicted molar refractivity (Wildman–Crippen MR) is 64.8 cm³/mol. The third kappa shape index (κ3) is 5.38. The predicted octanol–water partition coefficient (Wildman–Crippen LogP) is 0.940. The molecule has 1 aromatic heterocycles. The van der Waals surface area contributed by atoms with Crippen molar-refractivity contribution in [2.45, 2.75) is 25.7 Å². The summed E-state index contributed by atoms with van der Waals surface area (Å²) in [7, 11) is 1.38. The fourth-order valence-corrected chi connectivity index (χ4v) is 1.39. The van der Waals surface area contributed by atoms with Crippen LogP contribution in [0, 0.1) is 0 Å². The second kappa shape index (κ2) is 8.16. The fraction of sp³-hybridized carbons (Fsp3) is 0.500. The molecule has 0 fully saturated rings. The molecule has 6 heteroatoms. The number of unbranched alkanes of at least 4 members (excludes halogenated alkanes) is 2. The Balaban J connectivity index is 2.08. The van der Waals surface area contributed by atoms with Crippen molar-refractivity contribution in [2.24, 2.45) is 0 Å². The fourth-order valence-electron chi connectivity index (χ4n) is 1.39. The zero-order valence-electron chi connectivity index (χ0n) is 10.4. The first-order valence-corrected chi connectivity index (χ1v) is 5.84. The van der Waals surface area contributed by atoms with Crippen LogP contribution in [0.25, 0.3) is 0 Å². The first-order valence-electron chi connectivity index (χ1n) is 5.84. The maximum Gasteiger partial charge on any atom is 0.305 e. The molecule has 1 N–H and O–H groups in total. The van der Waals surface area contributed by atoms with E-state index in [0.29, 0.717) is 18.5 Å². The molecule has 0 atom stereocenters. The van der Waals surface area contributed by atoms with Gasteiger partial charge in [0.15, 0.2) is 0 Å². The number of hydrogen-bond acceptors (Lipinski definition) is 5. The van der Waals surface area contributed by atoms with Crippen LogP contribution in [0.2, 0.25) is 0 Å². The number of carbonyl (C=O) groups excluding carboxylic acids is 2. The first kappa shape index (κ1) is 14.1. The summed E-state index contributed by atoms with van der Waals surface area (Å²) in [4.78, 5) is 29.9. The number of ether oxygens (including phenoxy) is 1. The molecule has 0 aromatic carbocycles. The SMILES string of the molecule is COC(=O)CCCCCNC(=O)c1cncnc1. The Bertz CT molecular complexity index is 381. The minimum atomic E-state index is -0.194. The molecule has 0 saturated carbocycles. The average Bonchev–Trinajstić information content (AvgIpc) is 2.43. The van der Waals surface area contributed by atoms with E-state index >= 15 is 0 Å². The molecule has 1 aromatic rings. The highest BCUT2D eigenvalue weighted by molar-refractivity contribution is 5.93. The number of hydrogen-bond donors (Lipinski definition) is 1. The lowest BCUT2D eigenvalue weighted by atomic mass is 10.2. The number of carbonyl (C=O) groups is 2. The number of nitrogens with zero attached hydrogens (tertiary/aromatic N) is 2. The molecule has 0 aliphatic heterocycles. The summed E-state index contributed by atoms with van der Waals surface area (Å²) >= 11 is 0. The molecule has 1 heterocycles. The Hall–Kier alpha value is -1.98. The van der Waals surface area contributed by atoms with Gasteiger partial charge in [-0.05, 0) is 12.8 Å². The minimum Gasteiger partial charge on any atom is -0.469 e.